The van der Waals surface area contributed by atoms with E-state index in [1.165, 1.54) is 12.1 Å². The Bertz CT molecular complexity index is 281. The van der Waals surface area contributed by atoms with Crippen LogP contribution in [0.5, 0.6) is 0 Å². The molecule has 0 aliphatic heterocycles. The predicted octanol–water partition coefficient (Wildman–Crippen LogP) is 4.19. The van der Waals surface area contributed by atoms with Crippen LogP contribution in [0.3, 0.4) is 0 Å². The number of hydrogen-bond donors (Lipinski definition) is 1. The minimum atomic E-state index is -0.217. The van der Waals surface area contributed by atoms with Gasteiger partial charge in [0, 0.05) is 16.2 Å². The van der Waals surface area contributed by atoms with Crippen molar-refractivity contribution >= 4 is 21.6 Å². The van der Waals surface area contributed by atoms with Crippen molar-refractivity contribution in [3.63, 3.8) is 0 Å². The second-order valence-corrected chi connectivity index (χ2v) is 4.41. The zero-order valence-electron chi connectivity index (χ0n) is 8.48. The van der Waals surface area contributed by atoms with E-state index < -0.39 is 0 Å². The molecule has 0 bridgehead atoms. The van der Waals surface area contributed by atoms with Crippen LogP contribution in [0.1, 0.15) is 26.7 Å². The molecule has 0 aliphatic rings. The van der Waals surface area contributed by atoms with Gasteiger partial charge in [-0.15, -0.1) is 0 Å². The number of halogens is 2. The van der Waals surface area contributed by atoms with Crippen molar-refractivity contribution in [2.45, 2.75) is 32.7 Å². The molecule has 0 amide bonds. The highest BCUT2D eigenvalue weighted by Gasteiger charge is 2.02. The van der Waals surface area contributed by atoms with Crippen LogP contribution < -0.4 is 5.32 Å². The lowest BCUT2D eigenvalue weighted by molar-refractivity contribution is 0.626. The van der Waals surface area contributed by atoms with Crippen LogP contribution in [0.25, 0.3) is 0 Å². The highest BCUT2D eigenvalue weighted by atomic mass is 79.9. The van der Waals surface area contributed by atoms with Crippen LogP contribution in [0, 0.1) is 5.82 Å². The molecule has 1 aromatic carbocycles. The van der Waals surface area contributed by atoms with Crippen molar-refractivity contribution in [2.75, 3.05) is 5.32 Å². The summed E-state index contributed by atoms with van der Waals surface area (Å²) in [6.07, 6.45) is 2.22. The van der Waals surface area contributed by atoms with Crippen molar-refractivity contribution in [1.29, 1.82) is 0 Å². The van der Waals surface area contributed by atoms with Crippen molar-refractivity contribution < 1.29 is 4.39 Å². The van der Waals surface area contributed by atoms with Gasteiger partial charge in [0.2, 0.25) is 0 Å². The maximum Gasteiger partial charge on any atom is 0.126 e. The molecule has 1 aromatic rings. The van der Waals surface area contributed by atoms with Crippen molar-refractivity contribution in [1.82, 2.24) is 0 Å². The van der Waals surface area contributed by atoms with E-state index in [1.807, 2.05) is 6.07 Å². The number of rotatable bonds is 4. The molecule has 0 saturated heterocycles. The van der Waals surface area contributed by atoms with E-state index in [4.69, 9.17) is 0 Å². The van der Waals surface area contributed by atoms with Gasteiger partial charge in [-0.1, -0.05) is 29.3 Å². The predicted molar refractivity (Wildman–Crippen MR) is 62.1 cm³/mol. The molecule has 0 saturated carbocycles. The molecule has 0 aromatic heterocycles. The standard InChI is InChI=1S/C11H15BrFN/c1-3-4-8(2)14-11-6-9(12)5-10(13)7-11/h5-8,14H,3-4H2,1-2H3. The van der Waals surface area contributed by atoms with Gasteiger partial charge in [0.25, 0.3) is 0 Å². The summed E-state index contributed by atoms with van der Waals surface area (Å²) < 4.78 is 13.8. The second-order valence-electron chi connectivity index (χ2n) is 3.49. The van der Waals surface area contributed by atoms with E-state index in [0.29, 0.717) is 6.04 Å². The van der Waals surface area contributed by atoms with E-state index in [1.54, 1.807) is 0 Å². The van der Waals surface area contributed by atoms with Crippen LogP contribution in [0.15, 0.2) is 22.7 Å². The van der Waals surface area contributed by atoms with Gasteiger partial charge < -0.3 is 5.32 Å². The number of benzene rings is 1. The summed E-state index contributed by atoms with van der Waals surface area (Å²) in [4.78, 5) is 0. The lowest BCUT2D eigenvalue weighted by Crippen LogP contribution is -2.14. The van der Waals surface area contributed by atoms with Crippen LogP contribution in [0.2, 0.25) is 0 Å². The zero-order valence-corrected chi connectivity index (χ0v) is 10.1. The Hall–Kier alpha value is -0.570. The topological polar surface area (TPSA) is 12.0 Å². The number of anilines is 1. The van der Waals surface area contributed by atoms with E-state index in [2.05, 4.69) is 35.1 Å². The molecular weight excluding hydrogens is 245 g/mol. The Morgan fingerprint density at radius 3 is 2.71 bits per heavy atom. The van der Waals surface area contributed by atoms with E-state index in [9.17, 15) is 4.39 Å². The summed E-state index contributed by atoms with van der Waals surface area (Å²) in [5.41, 5.74) is 0.831. The molecule has 0 spiro atoms. The van der Waals surface area contributed by atoms with Gasteiger partial charge in [0.05, 0.1) is 0 Å². The SMILES string of the molecule is CCCC(C)Nc1cc(F)cc(Br)c1. The van der Waals surface area contributed by atoms with Crippen molar-refractivity contribution in [3.05, 3.63) is 28.5 Å². The van der Waals surface area contributed by atoms with Gasteiger partial charge >= 0.3 is 0 Å². The molecule has 1 atom stereocenters. The highest BCUT2D eigenvalue weighted by molar-refractivity contribution is 9.10. The Labute approximate surface area is 92.8 Å². The Kier molecular flexibility index (Phi) is 4.39. The molecule has 14 heavy (non-hydrogen) atoms. The fourth-order valence-electron chi connectivity index (χ4n) is 1.43. The smallest absolute Gasteiger partial charge is 0.126 e. The Balaban J connectivity index is 2.66. The van der Waals surface area contributed by atoms with Crippen LogP contribution in [0.4, 0.5) is 10.1 Å². The third-order valence-corrected chi connectivity index (χ3v) is 2.46. The largest absolute Gasteiger partial charge is 0.382 e. The third kappa shape index (κ3) is 3.66. The fraction of sp³-hybridized carbons (Fsp3) is 0.455. The quantitative estimate of drug-likeness (QED) is 0.855. The van der Waals surface area contributed by atoms with E-state index in [0.717, 1.165) is 23.0 Å². The third-order valence-electron chi connectivity index (χ3n) is 2.00. The Morgan fingerprint density at radius 1 is 1.43 bits per heavy atom. The van der Waals surface area contributed by atoms with Gasteiger partial charge in [-0.3, -0.25) is 0 Å². The summed E-state index contributed by atoms with van der Waals surface area (Å²) in [6, 6.07) is 5.23. The van der Waals surface area contributed by atoms with Gasteiger partial charge in [0.1, 0.15) is 5.82 Å². The van der Waals surface area contributed by atoms with Gasteiger partial charge in [-0.2, -0.15) is 0 Å². The maximum absolute atomic E-state index is 13.0. The molecule has 3 heteroatoms. The lowest BCUT2D eigenvalue weighted by Gasteiger charge is -2.14. The maximum atomic E-state index is 13.0. The molecule has 0 heterocycles. The van der Waals surface area contributed by atoms with Crippen LogP contribution in [-0.4, -0.2) is 6.04 Å². The van der Waals surface area contributed by atoms with E-state index in [-0.39, 0.29) is 5.82 Å². The van der Waals surface area contributed by atoms with Crippen LogP contribution in [-0.2, 0) is 0 Å². The molecule has 1 unspecified atom stereocenters. The minimum absolute atomic E-state index is 0.217. The molecule has 0 radical (unpaired) electrons. The Morgan fingerprint density at radius 2 is 2.14 bits per heavy atom. The minimum Gasteiger partial charge on any atom is -0.382 e. The van der Waals surface area contributed by atoms with Crippen LogP contribution >= 0.6 is 15.9 Å². The molecule has 1 nitrogen and oxygen atoms in total. The summed E-state index contributed by atoms with van der Waals surface area (Å²) in [5, 5.41) is 3.25. The van der Waals surface area contributed by atoms with Crippen molar-refractivity contribution in [3.8, 4) is 0 Å². The average Bonchev–Trinajstić information content (AvgIpc) is 2.01. The first-order chi connectivity index (χ1) is 6.61. The van der Waals surface area contributed by atoms with Gasteiger partial charge in [-0.25, -0.2) is 4.39 Å². The molecule has 1 rings (SSSR count). The normalized spacial score (nSPS) is 12.6. The monoisotopic (exact) mass is 259 g/mol. The molecule has 78 valence electrons. The molecule has 0 fully saturated rings. The average molecular weight is 260 g/mol. The first-order valence-electron chi connectivity index (χ1n) is 4.84. The lowest BCUT2D eigenvalue weighted by atomic mass is 10.2. The van der Waals surface area contributed by atoms with Gasteiger partial charge in [0.15, 0.2) is 0 Å². The highest BCUT2D eigenvalue weighted by Crippen LogP contribution is 2.19. The van der Waals surface area contributed by atoms with E-state index >= 15 is 0 Å². The summed E-state index contributed by atoms with van der Waals surface area (Å²) in [7, 11) is 0. The molecule has 1 N–H and O–H groups in total. The number of nitrogens with one attached hydrogen (secondary N) is 1. The summed E-state index contributed by atoms with van der Waals surface area (Å²) in [5.74, 6) is -0.217. The second kappa shape index (κ2) is 5.35. The first-order valence-corrected chi connectivity index (χ1v) is 5.63. The molecular formula is C11H15BrFN. The van der Waals surface area contributed by atoms with Gasteiger partial charge in [-0.05, 0) is 31.5 Å². The summed E-state index contributed by atoms with van der Waals surface area (Å²) >= 11 is 3.26. The first kappa shape index (κ1) is 11.5. The van der Waals surface area contributed by atoms with Crippen molar-refractivity contribution in [2.24, 2.45) is 0 Å². The summed E-state index contributed by atoms with van der Waals surface area (Å²) in [6.45, 7) is 4.24. The fourth-order valence-corrected chi connectivity index (χ4v) is 1.89. The molecule has 0 aliphatic carbocycles. The number of hydrogen-bond acceptors (Lipinski definition) is 1. The zero-order chi connectivity index (χ0) is 10.6.